The highest BCUT2D eigenvalue weighted by Crippen LogP contribution is 2.33. The number of ether oxygens (including phenoxy) is 4. The van der Waals surface area contributed by atoms with Crippen LogP contribution in [0.3, 0.4) is 0 Å². The van der Waals surface area contributed by atoms with Crippen LogP contribution in [0.5, 0.6) is 0 Å². The van der Waals surface area contributed by atoms with E-state index in [9.17, 15) is 33.9 Å². The molecule has 0 bridgehead atoms. The summed E-state index contributed by atoms with van der Waals surface area (Å²) in [6.45, 7) is 24.6. The highest BCUT2D eigenvalue weighted by molar-refractivity contribution is 7.18. The molecule has 0 amide bonds. The molecule has 0 radical (unpaired) electrons. The normalized spacial score (nSPS) is 10.2. The molecule has 316 valence electrons. The zero-order valence-electron chi connectivity index (χ0n) is 35.2. The van der Waals surface area contributed by atoms with Crippen molar-refractivity contribution in [3.8, 4) is 0 Å². The van der Waals surface area contributed by atoms with Crippen molar-refractivity contribution in [1.82, 2.24) is 4.98 Å². The predicted molar refractivity (Wildman–Crippen MR) is 231 cm³/mol. The summed E-state index contributed by atoms with van der Waals surface area (Å²) < 4.78 is 19.4. The number of hydrogen-bond acceptors (Lipinski definition) is 15. The highest BCUT2D eigenvalue weighted by atomic mass is 32.1. The van der Waals surface area contributed by atoms with Crippen LogP contribution >= 0.6 is 34.0 Å². The Labute approximate surface area is 350 Å². The number of aromatic amines is 1. The lowest BCUT2D eigenvalue weighted by Crippen LogP contribution is -2.19. The van der Waals surface area contributed by atoms with Gasteiger partial charge in [0.25, 0.3) is 0 Å². The maximum absolute atomic E-state index is 12.0. The molecule has 4 N–H and O–H groups in total. The number of nitrogens with one attached hydrogen (secondary N) is 3. The summed E-state index contributed by atoms with van der Waals surface area (Å²) in [6.07, 6.45) is 2.47. The molecule has 0 saturated heterocycles. The minimum absolute atomic E-state index is 0.104. The molecule has 0 aliphatic carbocycles. The number of aromatic nitrogens is 1. The lowest BCUT2D eigenvalue weighted by molar-refractivity contribution is -0.148. The van der Waals surface area contributed by atoms with Gasteiger partial charge in [-0.3, -0.25) is 4.79 Å². The number of thiophene rings is 3. The number of fused-ring (bicyclic) bond motifs is 1. The topological polar surface area (TPSA) is 199 Å². The SMILES string of the molecule is CCOC(=O)C(=CNc1sc(C)c(C)c1C(=O)O)C(=O)OCC.CCOC(=O)C(=CNc1sc(C)c(C)c1C)C(=O)OCC.Cc1[nH]c2sc(C)c(C)c2c(=O)c1C. The second-order valence-electron chi connectivity index (χ2n) is 12.5. The molecule has 4 aromatic rings. The average molecular weight is 860 g/mol. The van der Waals surface area contributed by atoms with Crippen LogP contribution in [0.2, 0.25) is 0 Å². The molecule has 0 atom stereocenters. The van der Waals surface area contributed by atoms with Crippen molar-refractivity contribution in [2.45, 2.75) is 90.0 Å². The van der Waals surface area contributed by atoms with Crippen LogP contribution in [0.1, 0.15) is 86.2 Å². The maximum atomic E-state index is 12.0. The van der Waals surface area contributed by atoms with Crippen LogP contribution < -0.4 is 16.1 Å². The molecule has 0 aliphatic heterocycles. The second kappa shape index (κ2) is 22.6. The Morgan fingerprint density at radius 2 is 0.966 bits per heavy atom. The summed E-state index contributed by atoms with van der Waals surface area (Å²) in [5, 5.41) is 17.1. The molecule has 0 saturated carbocycles. The van der Waals surface area contributed by atoms with E-state index in [2.05, 4.69) is 22.5 Å². The number of H-pyrrole nitrogens is 1. The molecule has 14 nitrogen and oxygen atoms in total. The van der Waals surface area contributed by atoms with Crippen molar-refractivity contribution in [2.75, 3.05) is 37.1 Å². The quantitative estimate of drug-likeness (QED) is 0.0329. The van der Waals surface area contributed by atoms with Crippen LogP contribution in [0, 0.1) is 62.3 Å². The van der Waals surface area contributed by atoms with E-state index in [1.807, 2.05) is 41.5 Å². The first-order valence-corrected chi connectivity index (χ1v) is 20.8. The Hall–Kier alpha value is -5.26. The van der Waals surface area contributed by atoms with Crippen molar-refractivity contribution in [1.29, 1.82) is 0 Å². The molecule has 0 unspecified atom stereocenters. The molecular weight excluding hydrogens is 807 g/mol. The summed E-state index contributed by atoms with van der Waals surface area (Å²) in [6, 6.07) is 0. The van der Waals surface area contributed by atoms with Crippen LogP contribution in [0.25, 0.3) is 10.2 Å². The molecule has 0 fully saturated rings. The van der Waals surface area contributed by atoms with Crippen molar-refractivity contribution >= 4 is 84.1 Å². The maximum Gasteiger partial charge on any atom is 0.347 e. The van der Waals surface area contributed by atoms with Gasteiger partial charge in [-0.15, -0.1) is 34.0 Å². The Balaban J connectivity index is 0.000000308. The van der Waals surface area contributed by atoms with Crippen LogP contribution in [-0.2, 0) is 38.1 Å². The molecular formula is C41H53N3O11S3. The minimum atomic E-state index is -1.09. The summed E-state index contributed by atoms with van der Waals surface area (Å²) in [4.78, 5) is 78.1. The number of aromatic carboxylic acids is 1. The van der Waals surface area contributed by atoms with Crippen molar-refractivity contribution in [3.05, 3.63) is 87.5 Å². The number of aryl methyl sites for hydroxylation is 5. The molecule has 58 heavy (non-hydrogen) atoms. The van der Waals surface area contributed by atoms with Gasteiger partial charge in [0.1, 0.15) is 9.83 Å². The van der Waals surface area contributed by atoms with Crippen LogP contribution in [-0.4, -0.2) is 66.4 Å². The van der Waals surface area contributed by atoms with Gasteiger partial charge in [0, 0.05) is 38.3 Å². The number of esters is 4. The van der Waals surface area contributed by atoms with Gasteiger partial charge in [-0.2, -0.15) is 0 Å². The Bertz CT molecular complexity index is 2230. The fourth-order valence-corrected chi connectivity index (χ4v) is 8.16. The van der Waals surface area contributed by atoms with E-state index in [0.717, 1.165) is 48.7 Å². The number of carbonyl (C=O) groups is 5. The summed E-state index contributed by atoms with van der Waals surface area (Å²) in [7, 11) is 0. The van der Waals surface area contributed by atoms with E-state index in [-0.39, 0.29) is 48.6 Å². The largest absolute Gasteiger partial charge is 0.478 e. The van der Waals surface area contributed by atoms with Gasteiger partial charge < -0.3 is 39.7 Å². The predicted octanol–water partition coefficient (Wildman–Crippen LogP) is 8.40. The van der Waals surface area contributed by atoms with Gasteiger partial charge in [0.2, 0.25) is 0 Å². The zero-order chi connectivity index (χ0) is 44.0. The third-order valence-corrected chi connectivity index (χ3v) is 12.3. The summed E-state index contributed by atoms with van der Waals surface area (Å²) in [5.41, 5.74) is 5.68. The van der Waals surface area contributed by atoms with E-state index < -0.39 is 29.8 Å². The van der Waals surface area contributed by atoms with E-state index in [0.29, 0.717) is 10.6 Å². The van der Waals surface area contributed by atoms with E-state index in [1.165, 1.54) is 32.9 Å². The molecule has 4 heterocycles. The second-order valence-corrected chi connectivity index (χ2v) is 16.2. The van der Waals surface area contributed by atoms with Gasteiger partial charge >= 0.3 is 29.8 Å². The van der Waals surface area contributed by atoms with E-state index in [4.69, 9.17) is 18.9 Å². The van der Waals surface area contributed by atoms with Gasteiger partial charge in [-0.25, -0.2) is 24.0 Å². The van der Waals surface area contributed by atoms with Gasteiger partial charge in [-0.1, -0.05) is 0 Å². The lowest BCUT2D eigenvalue weighted by atomic mass is 10.1. The standard InChI is InChI=1S/C15H19NO6S.C15H21NO4S.C11H13NOS/c1-5-21-14(19)10(15(20)22-6-2)7-16-12-11(13(17)18)8(3)9(4)23-12;1-6-19-14(17)12(15(18)20-7-2)8-16-13-10(4)9(3)11(5)21-13;1-5-7(3)12-11-9(10(5)13)6(2)8(4)14-11/h7,16H,5-6H2,1-4H3,(H,17,18);8,16H,6-7H2,1-5H3;1-4H3,(H,12,13). The zero-order valence-corrected chi connectivity index (χ0v) is 37.7. The first-order chi connectivity index (χ1) is 27.3. The van der Waals surface area contributed by atoms with E-state index in [1.54, 1.807) is 64.2 Å². The third kappa shape index (κ3) is 12.4. The number of carboxylic acids is 1. The monoisotopic (exact) mass is 859 g/mol. The number of rotatable bonds is 13. The molecule has 0 aromatic carbocycles. The lowest BCUT2D eigenvalue weighted by Gasteiger charge is -2.07. The molecule has 0 spiro atoms. The van der Waals surface area contributed by atoms with Gasteiger partial charge in [0.05, 0.1) is 42.4 Å². The Morgan fingerprint density at radius 3 is 1.36 bits per heavy atom. The Morgan fingerprint density at radius 1 is 0.569 bits per heavy atom. The highest BCUT2D eigenvalue weighted by Gasteiger charge is 2.24. The molecule has 4 rings (SSSR count). The first-order valence-electron chi connectivity index (χ1n) is 18.4. The molecule has 4 aromatic heterocycles. The Kier molecular flexibility index (Phi) is 19.1. The third-order valence-electron chi connectivity index (χ3n) is 8.78. The van der Waals surface area contributed by atoms with E-state index >= 15 is 0 Å². The summed E-state index contributed by atoms with van der Waals surface area (Å²) >= 11 is 4.45. The first kappa shape index (κ1) is 48.9. The summed E-state index contributed by atoms with van der Waals surface area (Å²) in [5.74, 6) is -4.13. The van der Waals surface area contributed by atoms with Crippen LogP contribution in [0.15, 0.2) is 28.3 Å². The number of anilines is 2. The van der Waals surface area contributed by atoms with Gasteiger partial charge in [-0.05, 0) is 112 Å². The fourth-order valence-electron chi connectivity index (χ4n) is 4.99. The molecule has 17 heteroatoms. The smallest absolute Gasteiger partial charge is 0.347 e. The van der Waals surface area contributed by atoms with Crippen molar-refractivity contribution in [3.63, 3.8) is 0 Å². The van der Waals surface area contributed by atoms with Gasteiger partial charge in [0.15, 0.2) is 16.6 Å². The number of carbonyl (C=O) groups excluding carboxylic acids is 4. The number of carboxylic acid groups (broad SMARTS) is 1. The van der Waals surface area contributed by atoms with Crippen molar-refractivity contribution in [2.24, 2.45) is 0 Å². The number of pyridine rings is 1. The fraction of sp³-hybridized carbons (Fsp3) is 0.415. The molecule has 0 aliphatic rings. The number of hydrogen-bond donors (Lipinski definition) is 4. The minimum Gasteiger partial charge on any atom is -0.478 e. The van der Waals surface area contributed by atoms with Crippen LogP contribution in [0.4, 0.5) is 10.0 Å². The average Bonchev–Trinajstić information content (AvgIpc) is 3.71. The van der Waals surface area contributed by atoms with Crippen molar-refractivity contribution < 1.29 is 48.0 Å².